The maximum atomic E-state index is 12.3. The van der Waals surface area contributed by atoms with Crippen molar-refractivity contribution in [2.75, 3.05) is 0 Å². The van der Waals surface area contributed by atoms with Gasteiger partial charge in [-0.25, -0.2) is 0 Å². The van der Waals surface area contributed by atoms with Crippen molar-refractivity contribution in [3.63, 3.8) is 0 Å². The standard InChI is InChI=1S/C7H9F3O2/c8-7(9,10)6(11)3-1-2-4-5(6)12-4/h4-5,11H,1-3H2/t4-,5-,6?/m0/s1. The number of aliphatic hydroxyl groups is 1. The highest BCUT2D eigenvalue weighted by molar-refractivity contribution is 5.08. The van der Waals surface area contributed by atoms with E-state index < -0.39 is 17.9 Å². The predicted octanol–water partition coefficient (Wildman–Crippen LogP) is 1.23. The van der Waals surface area contributed by atoms with Crippen LogP contribution in [-0.4, -0.2) is 29.1 Å². The fraction of sp³-hybridized carbons (Fsp3) is 1.00. The van der Waals surface area contributed by atoms with Crippen LogP contribution >= 0.6 is 0 Å². The molecule has 1 N–H and O–H groups in total. The zero-order valence-electron chi connectivity index (χ0n) is 6.27. The van der Waals surface area contributed by atoms with Gasteiger partial charge < -0.3 is 9.84 Å². The van der Waals surface area contributed by atoms with Gasteiger partial charge in [-0.3, -0.25) is 0 Å². The first-order valence-corrected chi connectivity index (χ1v) is 3.90. The summed E-state index contributed by atoms with van der Waals surface area (Å²) in [5.41, 5.74) is -2.57. The summed E-state index contributed by atoms with van der Waals surface area (Å²) in [5, 5.41) is 9.27. The summed E-state index contributed by atoms with van der Waals surface area (Å²) in [6.07, 6.45) is -5.10. The third-order valence-corrected chi connectivity index (χ3v) is 2.59. The van der Waals surface area contributed by atoms with Crippen molar-refractivity contribution >= 4 is 0 Å². The molecule has 2 nitrogen and oxygen atoms in total. The molecule has 0 aromatic rings. The molecule has 2 rings (SSSR count). The number of epoxide rings is 1. The molecule has 1 aliphatic heterocycles. The van der Waals surface area contributed by atoms with Gasteiger partial charge in [0.15, 0.2) is 5.60 Å². The number of rotatable bonds is 0. The predicted molar refractivity (Wildman–Crippen MR) is 33.5 cm³/mol. The van der Waals surface area contributed by atoms with Gasteiger partial charge in [0.05, 0.1) is 6.10 Å². The van der Waals surface area contributed by atoms with E-state index in [9.17, 15) is 18.3 Å². The molecule has 0 aromatic heterocycles. The Labute approximate surface area is 67.3 Å². The average molecular weight is 182 g/mol. The molecule has 70 valence electrons. The number of alkyl halides is 3. The Morgan fingerprint density at radius 1 is 1.42 bits per heavy atom. The van der Waals surface area contributed by atoms with Crippen LogP contribution in [0.2, 0.25) is 0 Å². The van der Waals surface area contributed by atoms with Gasteiger partial charge in [0.25, 0.3) is 0 Å². The fourth-order valence-corrected chi connectivity index (χ4v) is 1.80. The zero-order chi connectivity index (χ0) is 8.98. The Bertz CT molecular complexity index is 203. The molecule has 1 saturated carbocycles. The molecule has 0 bridgehead atoms. The zero-order valence-corrected chi connectivity index (χ0v) is 6.27. The summed E-state index contributed by atoms with van der Waals surface area (Å²) in [6, 6.07) is 0. The van der Waals surface area contributed by atoms with Crippen molar-refractivity contribution in [1.82, 2.24) is 0 Å². The third-order valence-electron chi connectivity index (χ3n) is 2.59. The van der Waals surface area contributed by atoms with Crippen LogP contribution in [0.4, 0.5) is 13.2 Å². The molecule has 5 heteroatoms. The molecule has 0 spiro atoms. The van der Waals surface area contributed by atoms with Crippen LogP contribution in [0.3, 0.4) is 0 Å². The van der Waals surface area contributed by atoms with E-state index in [2.05, 4.69) is 0 Å². The van der Waals surface area contributed by atoms with E-state index in [4.69, 9.17) is 4.74 Å². The van der Waals surface area contributed by atoms with Crippen LogP contribution in [0.15, 0.2) is 0 Å². The van der Waals surface area contributed by atoms with Gasteiger partial charge in [-0.15, -0.1) is 0 Å². The lowest BCUT2D eigenvalue weighted by molar-refractivity contribution is -0.270. The van der Waals surface area contributed by atoms with Crippen molar-refractivity contribution in [1.29, 1.82) is 0 Å². The van der Waals surface area contributed by atoms with Crippen molar-refractivity contribution in [3.8, 4) is 0 Å². The van der Waals surface area contributed by atoms with Crippen LogP contribution in [0.25, 0.3) is 0 Å². The maximum absolute atomic E-state index is 12.3. The number of hydrogen-bond donors (Lipinski definition) is 1. The van der Waals surface area contributed by atoms with Gasteiger partial charge in [0.1, 0.15) is 6.10 Å². The van der Waals surface area contributed by atoms with E-state index in [0.29, 0.717) is 12.8 Å². The molecule has 1 saturated heterocycles. The van der Waals surface area contributed by atoms with Gasteiger partial charge in [-0.05, 0) is 19.3 Å². The second-order valence-electron chi connectivity index (χ2n) is 3.41. The highest BCUT2D eigenvalue weighted by Gasteiger charge is 2.68. The molecular formula is C7H9F3O2. The quantitative estimate of drug-likeness (QED) is 0.571. The average Bonchev–Trinajstić information content (AvgIpc) is 2.64. The Hall–Kier alpha value is -0.290. The van der Waals surface area contributed by atoms with E-state index >= 15 is 0 Å². The number of fused-ring (bicyclic) bond motifs is 1. The second-order valence-corrected chi connectivity index (χ2v) is 3.41. The summed E-state index contributed by atoms with van der Waals surface area (Å²) in [5.74, 6) is 0. The molecule has 1 heterocycles. The normalized spacial score (nSPS) is 47.0. The van der Waals surface area contributed by atoms with Gasteiger partial charge in [-0.2, -0.15) is 13.2 Å². The molecule has 12 heavy (non-hydrogen) atoms. The molecule has 0 amide bonds. The first-order chi connectivity index (χ1) is 5.45. The van der Waals surface area contributed by atoms with E-state index in [1.807, 2.05) is 0 Å². The third kappa shape index (κ3) is 0.959. The van der Waals surface area contributed by atoms with Crippen LogP contribution < -0.4 is 0 Å². The molecule has 0 radical (unpaired) electrons. The Kier molecular flexibility index (Phi) is 1.48. The monoisotopic (exact) mass is 182 g/mol. The minimum atomic E-state index is -4.55. The van der Waals surface area contributed by atoms with Crippen molar-refractivity contribution in [3.05, 3.63) is 0 Å². The number of ether oxygens (including phenoxy) is 1. The summed E-state index contributed by atoms with van der Waals surface area (Å²) in [4.78, 5) is 0. The Morgan fingerprint density at radius 3 is 2.58 bits per heavy atom. The van der Waals surface area contributed by atoms with Crippen LogP contribution in [0.1, 0.15) is 19.3 Å². The SMILES string of the molecule is OC1(C(F)(F)F)CCC[C@@H]2O[C@@H]21. The Balaban J connectivity index is 2.19. The van der Waals surface area contributed by atoms with Crippen LogP contribution in [0, 0.1) is 0 Å². The molecule has 1 unspecified atom stereocenters. The minimum Gasteiger partial charge on any atom is -0.378 e. The van der Waals surface area contributed by atoms with Crippen molar-refractivity contribution in [2.45, 2.75) is 43.2 Å². The summed E-state index contributed by atoms with van der Waals surface area (Å²) >= 11 is 0. The fourth-order valence-electron chi connectivity index (χ4n) is 1.80. The van der Waals surface area contributed by atoms with E-state index in [0.717, 1.165) is 0 Å². The van der Waals surface area contributed by atoms with Gasteiger partial charge in [-0.1, -0.05) is 0 Å². The van der Waals surface area contributed by atoms with Crippen LogP contribution in [0.5, 0.6) is 0 Å². The summed E-state index contributed by atoms with van der Waals surface area (Å²) < 4.78 is 41.6. The van der Waals surface area contributed by atoms with Gasteiger partial charge >= 0.3 is 6.18 Å². The van der Waals surface area contributed by atoms with Gasteiger partial charge in [0, 0.05) is 0 Å². The molecule has 3 atom stereocenters. The Morgan fingerprint density at radius 2 is 2.08 bits per heavy atom. The molecule has 0 aromatic carbocycles. The molecular weight excluding hydrogens is 173 g/mol. The van der Waals surface area contributed by atoms with Crippen LogP contribution in [-0.2, 0) is 4.74 Å². The van der Waals surface area contributed by atoms with E-state index in [1.54, 1.807) is 0 Å². The topological polar surface area (TPSA) is 32.8 Å². The van der Waals surface area contributed by atoms with Gasteiger partial charge in [0.2, 0.25) is 0 Å². The molecule has 1 aliphatic carbocycles. The molecule has 2 aliphatic rings. The van der Waals surface area contributed by atoms with Crippen molar-refractivity contribution in [2.24, 2.45) is 0 Å². The number of hydrogen-bond acceptors (Lipinski definition) is 2. The lowest BCUT2D eigenvalue weighted by Crippen LogP contribution is -2.52. The first-order valence-electron chi connectivity index (χ1n) is 3.90. The lowest BCUT2D eigenvalue weighted by atomic mass is 9.84. The lowest BCUT2D eigenvalue weighted by Gasteiger charge is -2.31. The second kappa shape index (κ2) is 2.14. The summed E-state index contributed by atoms with van der Waals surface area (Å²) in [7, 11) is 0. The first kappa shape index (κ1) is 8.31. The molecule has 2 fully saturated rings. The van der Waals surface area contributed by atoms with E-state index in [1.165, 1.54) is 0 Å². The highest BCUT2D eigenvalue weighted by Crippen LogP contribution is 2.50. The van der Waals surface area contributed by atoms with E-state index in [-0.39, 0.29) is 12.5 Å². The smallest absolute Gasteiger partial charge is 0.378 e. The van der Waals surface area contributed by atoms with Crippen molar-refractivity contribution < 1.29 is 23.0 Å². The highest BCUT2D eigenvalue weighted by atomic mass is 19.4. The maximum Gasteiger partial charge on any atom is 0.419 e. The summed E-state index contributed by atoms with van der Waals surface area (Å²) in [6.45, 7) is 0. The minimum absolute atomic E-state index is 0.225. The number of halogens is 3. The largest absolute Gasteiger partial charge is 0.419 e.